The van der Waals surface area contributed by atoms with Crippen molar-refractivity contribution in [2.45, 2.75) is 23.8 Å². The zero-order valence-electron chi connectivity index (χ0n) is 15.6. The van der Waals surface area contributed by atoms with E-state index in [0.29, 0.717) is 23.4 Å². The Labute approximate surface area is 173 Å². The second-order valence-corrected chi connectivity index (χ2v) is 8.72. The van der Waals surface area contributed by atoms with Crippen LogP contribution in [0.3, 0.4) is 0 Å². The maximum Gasteiger partial charge on any atom is 0.258 e. The number of carbonyl (C=O) groups excluding carboxylic acids is 1. The highest BCUT2D eigenvalue weighted by atomic mass is 35.5. The number of carbonyl (C=O) groups is 1. The number of aromatic hydroxyl groups is 1. The third-order valence-electron chi connectivity index (χ3n) is 4.52. The molecule has 8 nitrogen and oxygen atoms in total. The molecule has 1 aliphatic heterocycles. The molecule has 0 radical (unpaired) electrons. The number of rotatable bonds is 6. The topological polar surface area (TPSA) is 108 Å². The Balaban J connectivity index is 1.71. The van der Waals surface area contributed by atoms with Crippen LogP contribution in [-0.2, 0) is 14.8 Å². The molecule has 1 unspecified atom stereocenters. The van der Waals surface area contributed by atoms with Gasteiger partial charge >= 0.3 is 0 Å². The zero-order chi connectivity index (χ0) is 21.0. The predicted octanol–water partition coefficient (Wildman–Crippen LogP) is 2.36. The molecule has 0 spiro atoms. The number of phenolic OH excluding ortho intramolecular Hbond substituents is 1. The predicted molar refractivity (Wildman–Crippen MR) is 109 cm³/mol. The van der Waals surface area contributed by atoms with Crippen LogP contribution in [0.2, 0.25) is 5.02 Å². The summed E-state index contributed by atoms with van der Waals surface area (Å²) in [5.41, 5.74) is 2.98. The molecule has 3 rings (SSSR count). The first-order valence-electron chi connectivity index (χ1n) is 8.80. The Kier molecular flexibility index (Phi) is 6.41. The maximum atomic E-state index is 12.9. The molecule has 0 saturated carbocycles. The molecule has 1 aliphatic rings. The summed E-state index contributed by atoms with van der Waals surface area (Å²) >= 11 is 5.83. The number of nitrogens with one attached hydrogen (secondary N) is 1. The summed E-state index contributed by atoms with van der Waals surface area (Å²) in [6, 6.07) is 9.58. The van der Waals surface area contributed by atoms with E-state index in [4.69, 9.17) is 16.3 Å². The van der Waals surface area contributed by atoms with Crippen LogP contribution in [-0.4, -0.2) is 49.6 Å². The molecule has 29 heavy (non-hydrogen) atoms. The Morgan fingerprint density at radius 1 is 1.31 bits per heavy atom. The summed E-state index contributed by atoms with van der Waals surface area (Å²) in [7, 11) is -2.40. The van der Waals surface area contributed by atoms with E-state index in [9.17, 15) is 18.3 Å². The van der Waals surface area contributed by atoms with E-state index >= 15 is 0 Å². The van der Waals surface area contributed by atoms with Crippen molar-refractivity contribution in [3.05, 3.63) is 53.1 Å². The van der Waals surface area contributed by atoms with Crippen molar-refractivity contribution in [2.24, 2.45) is 5.10 Å². The molecule has 2 aromatic rings. The number of ether oxygens (including phenoxy) is 1. The number of nitrogens with zero attached hydrogens (tertiary/aromatic N) is 2. The molecule has 2 aromatic carbocycles. The number of hydrogen-bond donors (Lipinski definition) is 2. The molecule has 0 aliphatic carbocycles. The van der Waals surface area contributed by atoms with Gasteiger partial charge in [0.25, 0.3) is 5.91 Å². The van der Waals surface area contributed by atoms with Gasteiger partial charge in [-0.25, -0.2) is 13.8 Å². The molecule has 154 valence electrons. The molecular formula is C19H20ClN3O5S. The summed E-state index contributed by atoms with van der Waals surface area (Å²) in [6.07, 6.45) is 2.36. The molecule has 1 saturated heterocycles. The van der Waals surface area contributed by atoms with Crippen LogP contribution in [0.5, 0.6) is 11.5 Å². The average molecular weight is 438 g/mol. The van der Waals surface area contributed by atoms with E-state index in [0.717, 1.165) is 0 Å². The lowest BCUT2D eigenvalue weighted by Gasteiger charge is -2.22. The third kappa shape index (κ3) is 4.69. The molecule has 2 N–H and O–H groups in total. The number of methoxy groups -OCH3 is 1. The van der Waals surface area contributed by atoms with Crippen LogP contribution in [0.1, 0.15) is 18.4 Å². The smallest absolute Gasteiger partial charge is 0.258 e. The lowest BCUT2D eigenvalue weighted by atomic mass is 10.2. The van der Waals surface area contributed by atoms with Gasteiger partial charge in [-0.3, -0.25) is 4.79 Å². The first kappa shape index (κ1) is 21.1. The number of hydrazone groups is 1. The largest absolute Gasteiger partial charge is 0.504 e. The highest BCUT2D eigenvalue weighted by Gasteiger charge is 2.39. The number of hydrogen-bond acceptors (Lipinski definition) is 6. The molecule has 1 heterocycles. The molecule has 0 bridgehead atoms. The highest BCUT2D eigenvalue weighted by Crippen LogP contribution is 2.27. The minimum Gasteiger partial charge on any atom is -0.504 e. The van der Waals surface area contributed by atoms with Crippen molar-refractivity contribution in [2.75, 3.05) is 13.7 Å². The SMILES string of the molecule is COc1cc(/C=N/NC(=O)C2CCCN2S(=O)(=O)c2ccc(Cl)cc2)ccc1O. The van der Waals surface area contributed by atoms with E-state index in [2.05, 4.69) is 10.5 Å². The fraction of sp³-hybridized carbons (Fsp3) is 0.263. The number of amides is 1. The van der Waals surface area contributed by atoms with Gasteiger partial charge in [0.15, 0.2) is 11.5 Å². The van der Waals surface area contributed by atoms with E-state index in [1.165, 1.54) is 48.0 Å². The molecule has 10 heteroatoms. The normalized spacial score (nSPS) is 17.5. The summed E-state index contributed by atoms with van der Waals surface area (Å²) in [6.45, 7) is 0.252. The number of phenols is 1. The van der Waals surface area contributed by atoms with Crippen LogP contribution in [0.4, 0.5) is 0 Å². The minimum absolute atomic E-state index is 0.0114. The molecular weight excluding hydrogens is 418 g/mol. The van der Waals surface area contributed by atoms with Crippen LogP contribution in [0, 0.1) is 0 Å². The Morgan fingerprint density at radius 3 is 2.72 bits per heavy atom. The van der Waals surface area contributed by atoms with Crippen molar-refractivity contribution in [3.63, 3.8) is 0 Å². The van der Waals surface area contributed by atoms with Crippen molar-refractivity contribution < 1.29 is 23.1 Å². The quantitative estimate of drug-likeness (QED) is 0.532. The van der Waals surface area contributed by atoms with Gasteiger partial charge in [-0.2, -0.15) is 9.41 Å². The monoisotopic (exact) mass is 437 g/mol. The van der Waals surface area contributed by atoms with Gasteiger partial charge in [-0.1, -0.05) is 11.6 Å². The molecule has 1 atom stereocenters. The first-order valence-corrected chi connectivity index (χ1v) is 10.6. The lowest BCUT2D eigenvalue weighted by Crippen LogP contribution is -2.44. The first-order chi connectivity index (χ1) is 13.8. The average Bonchev–Trinajstić information content (AvgIpc) is 3.20. The minimum atomic E-state index is -3.82. The van der Waals surface area contributed by atoms with E-state index in [-0.39, 0.29) is 22.9 Å². The Bertz CT molecular complexity index is 1020. The Morgan fingerprint density at radius 2 is 2.03 bits per heavy atom. The van der Waals surface area contributed by atoms with Crippen LogP contribution < -0.4 is 10.2 Å². The van der Waals surface area contributed by atoms with Crippen LogP contribution in [0.25, 0.3) is 0 Å². The van der Waals surface area contributed by atoms with Gasteiger partial charge in [-0.15, -0.1) is 0 Å². The summed E-state index contributed by atoms with van der Waals surface area (Å²) in [4.78, 5) is 12.6. The van der Waals surface area contributed by atoms with Gasteiger partial charge < -0.3 is 9.84 Å². The fourth-order valence-corrected chi connectivity index (χ4v) is 4.83. The summed E-state index contributed by atoms with van der Waals surface area (Å²) in [5.74, 6) is -0.249. The number of halogens is 1. The van der Waals surface area contributed by atoms with E-state index in [1.807, 2.05) is 0 Å². The third-order valence-corrected chi connectivity index (χ3v) is 6.69. The molecule has 1 amide bonds. The number of benzene rings is 2. The Hall–Kier alpha value is -2.62. The van der Waals surface area contributed by atoms with Gasteiger partial charge in [0.2, 0.25) is 10.0 Å². The van der Waals surface area contributed by atoms with Crippen LogP contribution >= 0.6 is 11.6 Å². The summed E-state index contributed by atoms with van der Waals surface area (Å²) in [5, 5.41) is 13.9. The van der Waals surface area contributed by atoms with Crippen molar-refractivity contribution in [1.29, 1.82) is 0 Å². The van der Waals surface area contributed by atoms with Gasteiger partial charge in [0.05, 0.1) is 18.2 Å². The highest BCUT2D eigenvalue weighted by molar-refractivity contribution is 7.89. The van der Waals surface area contributed by atoms with Crippen molar-refractivity contribution >= 4 is 33.7 Å². The second kappa shape index (κ2) is 8.81. The van der Waals surface area contributed by atoms with Crippen molar-refractivity contribution in [1.82, 2.24) is 9.73 Å². The van der Waals surface area contributed by atoms with Crippen LogP contribution in [0.15, 0.2) is 52.5 Å². The van der Waals surface area contributed by atoms with Gasteiger partial charge in [0, 0.05) is 11.6 Å². The molecule has 1 fully saturated rings. The van der Waals surface area contributed by atoms with Gasteiger partial charge in [-0.05, 0) is 60.9 Å². The maximum absolute atomic E-state index is 12.9. The zero-order valence-corrected chi connectivity index (χ0v) is 17.2. The molecule has 0 aromatic heterocycles. The lowest BCUT2D eigenvalue weighted by molar-refractivity contribution is -0.124. The van der Waals surface area contributed by atoms with Gasteiger partial charge in [0.1, 0.15) is 6.04 Å². The van der Waals surface area contributed by atoms with Crippen molar-refractivity contribution in [3.8, 4) is 11.5 Å². The van der Waals surface area contributed by atoms with E-state index < -0.39 is 22.0 Å². The second-order valence-electron chi connectivity index (χ2n) is 6.39. The standard InChI is InChI=1S/C19H20ClN3O5S/c1-28-18-11-13(4-9-17(18)24)12-21-22-19(25)16-3-2-10-23(16)29(26,27)15-7-5-14(20)6-8-15/h4-9,11-12,16,24H,2-3,10H2,1H3,(H,22,25)/b21-12+. The fourth-order valence-electron chi connectivity index (χ4n) is 3.05. The summed E-state index contributed by atoms with van der Waals surface area (Å²) < 4.78 is 32.0. The number of sulfonamides is 1. The van der Waals surface area contributed by atoms with E-state index in [1.54, 1.807) is 12.1 Å².